The van der Waals surface area contributed by atoms with Crippen LogP contribution in [0.1, 0.15) is 17.3 Å². The minimum Gasteiger partial charge on any atom is -0.348 e. The molecule has 6 nitrogen and oxygen atoms in total. The molecule has 1 aliphatic heterocycles. The number of likely N-dealkylation sites (N-methyl/N-ethyl adjacent to an activating group) is 1. The zero-order valence-electron chi connectivity index (χ0n) is 14.5. The number of halogens is 1. The molecule has 0 radical (unpaired) electrons. The number of rotatable bonds is 4. The Hall–Kier alpha value is -2.25. The molecule has 1 atom stereocenters. The first-order valence-electron chi connectivity index (χ1n) is 8.47. The second-order valence-electron chi connectivity index (χ2n) is 6.72. The van der Waals surface area contributed by atoms with Crippen LogP contribution in [0.15, 0.2) is 29.1 Å². The normalized spacial score (nSPS) is 17.6. The lowest BCUT2D eigenvalue weighted by Gasteiger charge is -2.34. The number of hydrogen-bond donors (Lipinski definition) is 2. The highest BCUT2D eigenvalue weighted by atomic mass is 19.1. The van der Waals surface area contributed by atoms with Gasteiger partial charge < -0.3 is 15.2 Å². The molecule has 1 aromatic carbocycles. The number of aromatic nitrogens is 1. The number of amides is 1. The molecule has 0 aliphatic carbocycles. The van der Waals surface area contributed by atoms with Crippen LogP contribution in [0.2, 0.25) is 0 Å². The molecule has 2 aromatic rings. The Balaban J connectivity index is 1.69. The lowest BCUT2D eigenvalue weighted by Crippen LogP contribution is -2.50. The molecule has 0 bridgehead atoms. The standard InChI is InChI=1S/C18H23FN4O2/c1-12(11-23-7-5-22(2)6-8-23)20-17(24)15-10-13-9-14(19)3-4-16(13)21-18(15)25/h3-4,9-10,12H,5-8,11H2,1-2H3,(H,20,24)(H,21,25). The van der Waals surface area contributed by atoms with E-state index in [9.17, 15) is 14.0 Å². The Bertz CT molecular complexity index is 827. The van der Waals surface area contributed by atoms with Gasteiger partial charge in [0.2, 0.25) is 0 Å². The molecule has 0 spiro atoms. The van der Waals surface area contributed by atoms with E-state index in [4.69, 9.17) is 0 Å². The van der Waals surface area contributed by atoms with E-state index in [0.29, 0.717) is 10.9 Å². The lowest BCUT2D eigenvalue weighted by molar-refractivity contribution is 0.0913. The largest absolute Gasteiger partial charge is 0.348 e. The highest BCUT2D eigenvalue weighted by Gasteiger charge is 2.19. The van der Waals surface area contributed by atoms with E-state index < -0.39 is 17.3 Å². The fourth-order valence-corrected chi connectivity index (χ4v) is 3.11. The number of pyridine rings is 1. The Morgan fingerprint density at radius 2 is 2.00 bits per heavy atom. The van der Waals surface area contributed by atoms with Crippen molar-refractivity contribution in [2.24, 2.45) is 0 Å². The van der Waals surface area contributed by atoms with Crippen LogP contribution in [0.4, 0.5) is 4.39 Å². The average molecular weight is 346 g/mol. The first-order chi connectivity index (χ1) is 11.9. The van der Waals surface area contributed by atoms with Crippen molar-refractivity contribution in [3.63, 3.8) is 0 Å². The number of hydrogen-bond acceptors (Lipinski definition) is 4. The van der Waals surface area contributed by atoms with Crippen molar-refractivity contribution in [3.8, 4) is 0 Å². The second kappa shape index (κ2) is 7.33. The van der Waals surface area contributed by atoms with Crippen LogP contribution in [-0.2, 0) is 0 Å². The SMILES string of the molecule is CC(CN1CCN(C)CC1)NC(=O)c1cc2cc(F)ccc2[nH]c1=O. The highest BCUT2D eigenvalue weighted by Crippen LogP contribution is 2.13. The molecule has 134 valence electrons. The maximum absolute atomic E-state index is 13.4. The van der Waals surface area contributed by atoms with Crippen molar-refractivity contribution in [2.45, 2.75) is 13.0 Å². The van der Waals surface area contributed by atoms with Gasteiger partial charge in [-0.1, -0.05) is 0 Å². The number of benzene rings is 1. The van der Waals surface area contributed by atoms with E-state index in [1.807, 2.05) is 6.92 Å². The molecule has 1 unspecified atom stereocenters. The van der Waals surface area contributed by atoms with Crippen molar-refractivity contribution in [1.82, 2.24) is 20.1 Å². The van der Waals surface area contributed by atoms with Gasteiger partial charge in [-0.25, -0.2) is 4.39 Å². The van der Waals surface area contributed by atoms with Crippen molar-refractivity contribution >= 4 is 16.8 Å². The Morgan fingerprint density at radius 3 is 2.72 bits per heavy atom. The van der Waals surface area contributed by atoms with E-state index in [0.717, 1.165) is 32.7 Å². The molecule has 2 heterocycles. The monoisotopic (exact) mass is 346 g/mol. The number of nitrogens with zero attached hydrogens (tertiary/aromatic N) is 2. The van der Waals surface area contributed by atoms with E-state index in [1.165, 1.54) is 24.3 Å². The van der Waals surface area contributed by atoms with Gasteiger partial charge in [-0.15, -0.1) is 0 Å². The fraction of sp³-hybridized carbons (Fsp3) is 0.444. The van der Waals surface area contributed by atoms with Gasteiger partial charge in [0.1, 0.15) is 11.4 Å². The van der Waals surface area contributed by atoms with Crippen LogP contribution in [-0.4, -0.2) is 66.5 Å². The summed E-state index contributed by atoms with van der Waals surface area (Å²) in [6.45, 7) is 6.61. The third-order valence-corrected chi connectivity index (χ3v) is 4.56. The topological polar surface area (TPSA) is 68.4 Å². The summed E-state index contributed by atoms with van der Waals surface area (Å²) >= 11 is 0. The van der Waals surface area contributed by atoms with Crippen LogP contribution in [0.5, 0.6) is 0 Å². The van der Waals surface area contributed by atoms with E-state index in [-0.39, 0.29) is 11.6 Å². The minimum absolute atomic E-state index is 0.00308. The molecule has 1 aliphatic rings. The Morgan fingerprint density at radius 1 is 1.28 bits per heavy atom. The van der Waals surface area contributed by atoms with Crippen LogP contribution in [0.3, 0.4) is 0 Å². The maximum atomic E-state index is 13.4. The summed E-state index contributed by atoms with van der Waals surface area (Å²) in [7, 11) is 2.09. The predicted octanol–water partition coefficient (Wildman–Crippen LogP) is 1.03. The number of carbonyl (C=O) groups is 1. The number of H-pyrrole nitrogens is 1. The second-order valence-corrected chi connectivity index (χ2v) is 6.72. The summed E-state index contributed by atoms with van der Waals surface area (Å²) in [5.41, 5.74) is 0.0418. The number of aromatic amines is 1. The van der Waals surface area contributed by atoms with Crippen molar-refractivity contribution < 1.29 is 9.18 Å². The third-order valence-electron chi connectivity index (χ3n) is 4.56. The quantitative estimate of drug-likeness (QED) is 0.868. The lowest BCUT2D eigenvalue weighted by atomic mass is 10.1. The average Bonchev–Trinajstić information content (AvgIpc) is 2.56. The molecular weight excluding hydrogens is 323 g/mol. The third kappa shape index (κ3) is 4.24. The van der Waals surface area contributed by atoms with Crippen LogP contribution < -0.4 is 10.9 Å². The van der Waals surface area contributed by atoms with Gasteiger partial charge in [0.05, 0.1) is 0 Å². The molecule has 3 rings (SSSR count). The number of carbonyl (C=O) groups excluding carboxylic acids is 1. The molecule has 0 saturated carbocycles. The maximum Gasteiger partial charge on any atom is 0.261 e. The fourth-order valence-electron chi connectivity index (χ4n) is 3.11. The Labute approximate surface area is 145 Å². The first kappa shape index (κ1) is 17.6. The zero-order valence-corrected chi connectivity index (χ0v) is 14.5. The molecule has 25 heavy (non-hydrogen) atoms. The van der Waals surface area contributed by atoms with Gasteiger partial charge in [0.25, 0.3) is 11.5 Å². The van der Waals surface area contributed by atoms with Gasteiger partial charge in [-0.05, 0) is 38.2 Å². The van der Waals surface area contributed by atoms with E-state index in [2.05, 4.69) is 27.1 Å². The zero-order chi connectivity index (χ0) is 18.0. The van der Waals surface area contributed by atoms with Crippen molar-refractivity contribution in [3.05, 3.63) is 46.0 Å². The summed E-state index contributed by atoms with van der Waals surface area (Å²) in [5.74, 6) is -0.844. The van der Waals surface area contributed by atoms with Gasteiger partial charge in [-0.3, -0.25) is 14.5 Å². The summed E-state index contributed by atoms with van der Waals surface area (Å²) in [6, 6.07) is 5.42. The summed E-state index contributed by atoms with van der Waals surface area (Å²) in [5, 5.41) is 3.36. The van der Waals surface area contributed by atoms with Gasteiger partial charge in [0.15, 0.2) is 0 Å². The Kier molecular flexibility index (Phi) is 5.15. The molecule has 7 heteroatoms. The predicted molar refractivity (Wildman–Crippen MR) is 95.4 cm³/mol. The molecule has 2 N–H and O–H groups in total. The van der Waals surface area contributed by atoms with Gasteiger partial charge >= 0.3 is 0 Å². The highest BCUT2D eigenvalue weighted by molar-refractivity contribution is 5.97. The minimum atomic E-state index is -0.469. The van der Waals surface area contributed by atoms with Crippen LogP contribution in [0.25, 0.3) is 10.9 Å². The number of piperazine rings is 1. The summed E-state index contributed by atoms with van der Waals surface area (Å²) < 4.78 is 13.4. The molecular formula is C18H23FN4O2. The summed E-state index contributed by atoms with van der Waals surface area (Å²) in [6.07, 6.45) is 0. The van der Waals surface area contributed by atoms with Gasteiger partial charge in [-0.2, -0.15) is 0 Å². The molecule has 1 saturated heterocycles. The number of fused-ring (bicyclic) bond motifs is 1. The van der Waals surface area contributed by atoms with Crippen molar-refractivity contribution in [1.29, 1.82) is 0 Å². The van der Waals surface area contributed by atoms with E-state index in [1.54, 1.807) is 0 Å². The van der Waals surface area contributed by atoms with Crippen molar-refractivity contribution in [2.75, 3.05) is 39.8 Å². The van der Waals surface area contributed by atoms with Crippen LogP contribution in [0, 0.1) is 5.82 Å². The van der Waals surface area contributed by atoms with Crippen LogP contribution >= 0.6 is 0 Å². The van der Waals surface area contributed by atoms with E-state index >= 15 is 0 Å². The number of nitrogens with one attached hydrogen (secondary N) is 2. The molecule has 1 aromatic heterocycles. The first-order valence-corrected chi connectivity index (χ1v) is 8.47. The van der Waals surface area contributed by atoms with Gasteiger partial charge in [0, 0.05) is 49.7 Å². The smallest absolute Gasteiger partial charge is 0.261 e. The molecule has 1 fully saturated rings. The molecule has 1 amide bonds. The summed E-state index contributed by atoms with van der Waals surface area (Å²) in [4.78, 5) is 31.8.